The summed E-state index contributed by atoms with van der Waals surface area (Å²) in [5.41, 5.74) is 1.19. The lowest BCUT2D eigenvalue weighted by Crippen LogP contribution is -2.53. The Balaban J connectivity index is 0.818. The number of aromatic nitrogens is 3. The highest BCUT2D eigenvalue weighted by Crippen LogP contribution is 2.39. The van der Waals surface area contributed by atoms with Gasteiger partial charge in [-0.05, 0) is 48.4 Å². The van der Waals surface area contributed by atoms with Crippen LogP contribution in [0.4, 0.5) is 13.2 Å². The highest BCUT2D eigenvalue weighted by Gasteiger charge is 2.37. The van der Waals surface area contributed by atoms with E-state index in [-0.39, 0.29) is 81.7 Å². The van der Waals surface area contributed by atoms with Crippen molar-refractivity contribution in [2.75, 3.05) is 73.1 Å². The minimum atomic E-state index is -4.71. The van der Waals surface area contributed by atoms with Gasteiger partial charge in [0.25, 0.3) is 5.91 Å². The van der Waals surface area contributed by atoms with E-state index in [4.69, 9.17) is 28.4 Å². The van der Waals surface area contributed by atoms with Crippen LogP contribution in [0.3, 0.4) is 0 Å². The second-order valence-electron chi connectivity index (χ2n) is 13.6. The molecule has 318 valence electrons. The number of imide groups is 1. The average molecular weight is 836 g/mol. The molecule has 1 unspecified atom stereocenters. The van der Waals surface area contributed by atoms with E-state index < -0.39 is 35.6 Å². The van der Waals surface area contributed by atoms with Crippen molar-refractivity contribution in [1.82, 2.24) is 24.8 Å². The highest BCUT2D eigenvalue weighted by molar-refractivity contribution is 6.09. The molecule has 18 heteroatoms. The summed E-state index contributed by atoms with van der Waals surface area (Å²) in [5, 5.41) is 4.02. The van der Waals surface area contributed by atoms with Crippen LogP contribution in [0.5, 0.6) is 11.6 Å². The molecule has 5 aromatic rings. The Morgan fingerprint density at radius 3 is 2.17 bits per heavy atom. The Morgan fingerprint density at radius 2 is 1.52 bits per heavy atom. The number of carbonyl (C=O) groups excluding carboxylic acids is 4. The van der Waals surface area contributed by atoms with Crippen LogP contribution in [0.25, 0.3) is 32.9 Å². The number of fused-ring (bicyclic) bond motifs is 3. The molecule has 1 saturated heterocycles. The molecular formula is C42H44F3N5O10. The first-order chi connectivity index (χ1) is 29.0. The van der Waals surface area contributed by atoms with Crippen LogP contribution >= 0.6 is 0 Å². The van der Waals surface area contributed by atoms with E-state index >= 15 is 0 Å². The largest absolute Gasteiger partial charge is 0.491 e. The second kappa shape index (κ2) is 20.3. The Labute approximate surface area is 342 Å². The zero-order chi connectivity index (χ0) is 42.6. The van der Waals surface area contributed by atoms with Crippen LogP contribution in [0.2, 0.25) is 0 Å². The maximum absolute atomic E-state index is 14.1. The smallest absolute Gasteiger partial charge is 0.434 e. The number of carbonyl (C=O) groups is 4. The Morgan fingerprint density at radius 1 is 0.850 bits per heavy atom. The molecule has 6 rings (SSSR count). The average Bonchev–Trinajstić information content (AvgIpc) is 3.53. The van der Waals surface area contributed by atoms with E-state index in [1.54, 1.807) is 36.7 Å². The number of nitrogens with one attached hydrogen (secondary N) is 1. The van der Waals surface area contributed by atoms with Crippen molar-refractivity contribution in [2.45, 2.75) is 25.1 Å². The van der Waals surface area contributed by atoms with Crippen molar-refractivity contribution in [1.29, 1.82) is 0 Å². The van der Waals surface area contributed by atoms with Crippen molar-refractivity contribution in [3.05, 3.63) is 83.8 Å². The number of hydrogen-bond donors (Lipinski definition) is 1. The van der Waals surface area contributed by atoms with Crippen LogP contribution in [-0.2, 0) is 41.8 Å². The molecule has 15 nitrogen and oxygen atoms in total. The molecule has 0 saturated carbocycles. The number of amides is 3. The maximum atomic E-state index is 14.1. The predicted molar refractivity (Wildman–Crippen MR) is 211 cm³/mol. The van der Waals surface area contributed by atoms with E-state index in [0.717, 1.165) is 21.8 Å². The third-order valence-electron chi connectivity index (χ3n) is 9.73. The molecule has 1 fully saturated rings. The number of benzene rings is 2. The number of likely N-dealkylation sites (N-methyl/N-ethyl adjacent to an activating group) is 1. The van der Waals surface area contributed by atoms with Gasteiger partial charge in [0.2, 0.25) is 17.7 Å². The number of nitrogens with zero attached hydrogens (tertiary/aromatic N) is 4. The third-order valence-corrected chi connectivity index (χ3v) is 9.73. The summed E-state index contributed by atoms with van der Waals surface area (Å²) in [5.74, 6) is -1.35. The molecule has 3 aromatic heterocycles. The van der Waals surface area contributed by atoms with E-state index in [1.165, 1.54) is 36.2 Å². The topological polar surface area (TPSA) is 170 Å². The monoisotopic (exact) mass is 835 g/mol. The van der Waals surface area contributed by atoms with Crippen LogP contribution in [0.15, 0.2) is 67.0 Å². The molecule has 0 radical (unpaired) electrons. The SMILES string of the molecule is CN(C(=O)c1cc(OCCOCCOCCOCCOCCOc2ccc(-c3ccc4c5cnccc5n(C)c4c3)c(C(F)(F)F)n2)ccc1C=O)C1CCC(=O)NC1=O. The minimum Gasteiger partial charge on any atom is -0.491 e. The quantitative estimate of drug-likeness (QED) is 0.0596. The van der Waals surface area contributed by atoms with Crippen LogP contribution in [0.1, 0.15) is 39.3 Å². The first kappa shape index (κ1) is 43.6. The Kier molecular flexibility index (Phi) is 14.8. The maximum Gasteiger partial charge on any atom is 0.434 e. The Hall–Kier alpha value is -5.95. The summed E-state index contributed by atoms with van der Waals surface area (Å²) in [6.07, 6.45) is -0.459. The van der Waals surface area contributed by atoms with E-state index in [0.29, 0.717) is 37.4 Å². The van der Waals surface area contributed by atoms with Gasteiger partial charge in [0, 0.05) is 66.4 Å². The summed E-state index contributed by atoms with van der Waals surface area (Å²) in [6, 6.07) is 13.4. The zero-order valence-corrected chi connectivity index (χ0v) is 33.0. The summed E-state index contributed by atoms with van der Waals surface area (Å²) < 4.78 is 77.5. The molecule has 4 heterocycles. The molecule has 3 amide bonds. The first-order valence-electron chi connectivity index (χ1n) is 19.1. The first-order valence-corrected chi connectivity index (χ1v) is 19.1. The third kappa shape index (κ3) is 10.8. The molecule has 0 aliphatic carbocycles. The lowest BCUT2D eigenvalue weighted by Gasteiger charge is -2.30. The number of aldehydes is 1. The van der Waals surface area contributed by atoms with Gasteiger partial charge in [-0.2, -0.15) is 13.2 Å². The van der Waals surface area contributed by atoms with Gasteiger partial charge in [0.15, 0.2) is 12.0 Å². The summed E-state index contributed by atoms with van der Waals surface area (Å²) in [6.45, 7) is 2.21. The fourth-order valence-corrected chi connectivity index (χ4v) is 6.67. The van der Waals surface area contributed by atoms with Crippen molar-refractivity contribution in [3.8, 4) is 22.8 Å². The standard InChI is InChI=1S/C42H44F3N5O10/c1-49-34-11-12-46-25-33(34)31-6-4-27(23-36(31)49)30-7-10-38(48-39(30)42(43,44)45)60-22-20-58-18-16-56-14-13-55-15-17-57-19-21-59-29-5-3-28(26-51)32(24-29)41(54)50(2)35-8-9-37(52)47-40(35)53/h3-7,10-12,23-26,35H,8-9,13-22H2,1-2H3,(H,47,52,53). The fraction of sp³-hybridized carbons (Fsp3) is 0.381. The molecule has 2 aromatic carbocycles. The number of hydrogen-bond acceptors (Lipinski definition) is 12. The highest BCUT2D eigenvalue weighted by atomic mass is 19.4. The fourth-order valence-electron chi connectivity index (χ4n) is 6.67. The number of halogens is 3. The lowest BCUT2D eigenvalue weighted by molar-refractivity contribution is -0.141. The van der Waals surface area contributed by atoms with E-state index in [1.807, 2.05) is 17.7 Å². The lowest BCUT2D eigenvalue weighted by atomic mass is 10.0. The number of piperidine rings is 1. The number of alkyl halides is 3. The van der Waals surface area contributed by atoms with Crippen molar-refractivity contribution in [2.24, 2.45) is 7.05 Å². The summed E-state index contributed by atoms with van der Waals surface area (Å²) in [4.78, 5) is 57.6. The molecule has 0 bridgehead atoms. The van der Waals surface area contributed by atoms with Gasteiger partial charge in [0.05, 0.1) is 63.9 Å². The van der Waals surface area contributed by atoms with Crippen LogP contribution in [-0.4, -0.2) is 123 Å². The van der Waals surface area contributed by atoms with E-state index in [9.17, 15) is 32.3 Å². The van der Waals surface area contributed by atoms with Gasteiger partial charge >= 0.3 is 6.18 Å². The molecule has 1 aliphatic rings. The van der Waals surface area contributed by atoms with Crippen LogP contribution < -0.4 is 14.8 Å². The number of ether oxygens (including phenoxy) is 6. The van der Waals surface area contributed by atoms with Gasteiger partial charge in [0.1, 0.15) is 25.0 Å². The number of pyridine rings is 2. The predicted octanol–water partition coefficient (Wildman–Crippen LogP) is 5.02. The molecular weight excluding hydrogens is 791 g/mol. The van der Waals surface area contributed by atoms with Gasteiger partial charge in [-0.3, -0.25) is 29.5 Å². The van der Waals surface area contributed by atoms with Crippen molar-refractivity contribution >= 4 is 45.8 Å². The number of aryl methyl sites for hydroxylation is 1. The van der Waals surface area contributed by atoms with Gasteiger partial charge in [-0.15, -0.1) is 0 Å². The molecule has 0 spiro atoms. The summed E-state index contributed by atoms with van der Waals surface area (Å²) >= 11 is 0. The molecule has 1 aliphatic heterocycles. The molecule has 1 N–H and O–H groups in total. The minimum absolute atomic E-state index is 0.00896. The molecule has 60 heavy (non-hydrogen) atoms. The molecule has 1 atom stereocenters. The van der Waals surface area contributed by atoms with Gasteiger partial charge in [-0.1, -0.05) is 12.1 Å². The normalized spacial score (nSPS) is 14.4. The van der Waals surface area contributed by atoms with Crippen LogP contribution in [0, 0.1) is 0 Å². The zero-order valence-electron chi connectivity index (χ0n) is 33.0. The Bertz CT molecular complexity index is 2320. The number of rotatable bonds is 21. The summed E-state index contributed by atoms with van der Waals surface area (Å²) in [7, 11) is 3.30. The van der Waals surface area contributed by atoms with Crippen molar-refractivity contribution in [3.63, 3.8) is 0 Å². The van der Waals surface area contributed by atoms with Crippen molar-refractivity contribution < 1.29 is 60.8 Å². The van der Waals surface area contributed by atoms with Gasteiger partial charge < -0.3 is 37.9 Å². The van der Waals surface area contributed by atoms with Gasteiger partial charge in [-0.25, -0.2) is 4.98 Å². The second-order valence-corrected chi connectivity index (χ2v) is 13.6. The van der Waals surface area contributed by atoms with E-state index in [2.05, 4.69) is 15.3 Å².